The van der Waals surface area contributed by atoms with Crippen molar-refractivity contribution < 1.29 is 18.7 Å². The number of thioether (sulfide) groups is 1. The molecule has 0 saturated carbocycles. The first-order valence-corrected chi connectivity index (χ1v) is 8.99. The molecule has 0 saturated heterocycles. The molecule has 3 rings (SSSR count). The zero-order valence-electron chi connectivity index (χ0n) is 14.1. The topological polar surface area (TPSA) is 74.5 Å². The number of ether oxygens (including phenoxy) is 2. The van der Waals surface area contributed by atoms with E-state index in [9.17, 15) is 4.79 Å². The van der Waals surface area contributed by atoms with Crippen LogP contribution < -0.4 is 9.47 Å². The predicted molar refractivity (Wildman–Crippen MR) is 98.8 cm³/mol. The third kappa shape index (κ3) is 4.56. The number of methoxy groups -OCH3 is 1. The lowest BCUT2D eigenvalue weighted by Crippen LogP contribution is -2.10. The molecule has 0 aliphatic heterocycles. The van der Waals surface area contributed by atoms with Gasteiger partial charge in [0.05, 0.1) is 7.11 Å². The van der Waals surface area contributed by atoms with Gasteiger partial charge in [-0.25, -0.2) is 0 Å². The zero-order chi connectivity index (χ0) is 18.5. The second kappa shape index (κ2) is 8.25. The summed E-state index contributed by atoms with van der Waals surface area (Å²) < 4.78 is 15.9. The number of hydrogen-bond acceptors (Lipinski definition) is 7. The van der Waals surface area contributed by atoms with E-state index in [0.717, 1.165) is 28.6 Å². The van der Waals surface area contributed by atoms with Gasteiger partial charge in [-0.05, 0) is 55.0 Å². The normalized spacial score (nSPS) is 10.6. The number of aryl methyl sites for hydroxylation is 1. The monoisotopic (exact) mass is 390 g/mol. The summed E-state index contributed by atoms with van der Waals surface area (Å²) in [5.41, 5.74) is 1.61. The third-order valence-corrected chi connectivity index (χ3v) is 4.63. The van der Waals surface area contributed by atoms with Crippen LogP contribution in [-0.4, -0.2) is 29.0 Å². The van der Waals surface area contributed by atoms with Gasteiger partial charge in [0.15, 0.2) is 0 Å². The molecule has 26 heavy (non-hydrogen) atoms. The van der Waals surface area contributed by atoms with E-state index in [1.54, 1.807) is 37.4 Å². The molecule has 3 aromatic rings. The van der Waals surface area contributed by atoms with Gasteiger partial charge < -0.3 is 13.9 Å². The fraction of sp³-hybridized carbons (Fsp3) is 0.167. The quantitative estimate of drug-likeness (QED) is 0.350. The van der Waals surface area contributed by atoms with Crippen LogP contribution in [0, 0.1) is 6.92 Å². The molecule has 0 spiro atoms. The van der Waals surface area contributed by atoms with Gasteiger partial charge in [0.1, 0.15) is 17.3 Å². The van der Waals surface area contributed by atoms with Crippen molar-refractivity contribution in [1.82, 2.24) is 10.2 Å². The van der Waals surface area contributed by atoms with Gasteiger partial charge >= 0.3 is 5.97 Å². The molecule has 0 atom stereocenters. The van der Waals surface area contributed by atoms with E-state index >= 15 is 0 Å². The molecule has 6 nitrogen and oxygen atoms in total. The summed E-state index contributed by atoms with van der Waals surface area (Å²) in [4.78, 5) is 11.9. The molecule has 0 N–H and O–H groups in total. The first kappa shape index (κ1) is 18.3. The van der Waals surface area contributed by atoms with Crippen molar-refractivity contribution in [2.75, 3.05) is 12.9 Å². The summed E-state index contributed by atoms with van der Waals surface area (Å²) in [7, 11) is 1.60. The maximum atomic E-state index is 11.9. The second-order valence-electron chi connectivity index (χ2n) is 5.28. The van der Waals surface area contributed by atoms with E-state index in [1.165, 1.54) is 0 Å². The average molecular weight is 391 g/mol. The smallest absolute Gasteiger partial charge is 0.321 e. The summed E-state index contributed by atoms with van der Waals surface area (Å²) in [5, 5.41) is 8.82. The Bertz CT molecular complexity index is 912. The van der Waals surface area contributed by atoms with E-state index in [-0.39, 0.29) is 5.75 Å². The number of nitrogens with zero attached hydrogens (tertiary/aromatic N) is 2. The first-order chi connectivity index (χ1) is 12.5. The SMILES string of the molecule is COc1ccc(-c2nnc(SCC(=O)Oc3ccc(Cl)c(C)c3)o2)cc1. The number of halogens is 1. The van der Waals surface area contributed by atoms with Gasteiger partial charge in [-0.1, -0.05) is 23.4 Å². The summed E-state index contributed by atoms with van der Waals surface area (Å²) in [6.45, 7) is 1.84. The van der Waals surface area contributed by atoms with E-state index in [2.05, 4.69) is 10.2 Å². The minimum atomic E-state index is -0.416. The van der Waals surface area contributed by atoms with Crippen LogP contribution in [0.3, 0.4) is 0 Å². The highest BCUT2D eigenvalue weighted by molar-refractivity contribution is 7.99. The van der Waals surface area contributed by atoms with Crippen LogP contribution in [0.1, 0.15) is 5.56 Å². The maximum absolute atomic E-state index is 11.9. The van der Waals surface area contributed by atoms with Gasteiger partial charge in [-0.3, -0.25) is 4.79 Å². The molecule has 0 fully saturated rings. The van der Waals surface area contributed by atoms with Crippen LogP contribution in [0.2, 0.25) is 5.02 Å². The minimum Gasteiger partial charge on any atom is -0.497 e. The Hall–Kier alpha value is -2.51. The summed E-state index contributed by atoms with van der Waals surface area (Å²) in [5.74, 6) is 1.19. The fourth-order valence-electron chi connectivity index (χ4n) is 2.08. The number of carbonyl (C=O) groups is 1. The van der Waals surface area contributed by atoms with Crippen molar-refractivity contribution in [2.24, 2.45) is 0 Å². The Morgan fingerprint density at radius 2 is 1.88 bits per heavy atom. The molecule has 1 aromatic heterocycles. The highest BCUT2D eigenvalue weighted by Crippen LogP contribution is 2.25. The van der Waals surface area contributed by atoms with Crippen molar-refractivity contribution in [1.29, 1.82) is 0 Å². The van der Waals surface area contributed by atoms with Crippen LogP contribution in [0.15, 0.2) is 52.1 Å². The molecule has 0 radical (unpaired) electrons. The molecule has 0 aliphatic rings. The molecule has 0 amide bonds. The van der Waals surface area contributed by atoms with E-state index in [4.69, 9.17) is 25.5 Å². The van der Waals surface area contributed by atoms with Gasteiger partial charge in [0.25, 0.3) is 5.22 Å². The minimum absolute atomic E-state index is 0.0475. The van der Waals surface area contributed by atoms with Crippen LogP contribution in [0.4, 0.5) is 0 Å². The molecule has 2 aromatic carbocycles. The third-order valence-electron chi connectivity index (χ3n) is 3.42. The molecule has 1 heterocycles. The summed E-state index contributed by atoms with van der Waals surface area (Å²) in [6.07, 6.45) is 0. The number of hydrogen-bond donors (Lipinski definition) is 0. The average Bonchev–Trinajstić information content (AvgIpc) is 3.12. The summed E-state index contributed by atoms with van der Waals surface area (Å²) in [6, 6.07) is 12.3. The lowest BCUT2D eigenvalue weighted by Gasteiger charge is -2.05. The van der Waals surface area contributed by atoms with Crippen molar-refractivity contribution in [3.63, 3.8) is 0 Å². The van der Waals surface area contributed by atoms with Gasteiger partial charge in [-0.2, -0.15) is 0 Å². The first-order valence-electron chi connectivity index (χ1n) is 7.62. The Morgan fingerprint density at radius 3 is 2.58 bits per heavy atom. The number of carbonyl (C=O) groups excluding carboxylic acids is 1. The predicted octanol–water partition coefficient (Wildman–Crippen LogP) is 4.40. The Morgan fingerprint density at radius 1 is 1.15 bits per heavy atom. The van der Waals surface area contributed by atoms with Crippen LogP contribution >= 0.6 is 23.4 Å². The Balaban J connectivity index is 1.56. The molecule has 134 valence electrons. The summed E-state index contributed by atoms with van der Waals surface area (Å²) >= 11 is 7.06. The van der Waals surface area contributed by atoms with Crippen LogP contribution in [0.5, 0.6) is 11.5 Å². The van der Waals surface area contributed by atoms with Gasteiger partial charge in [0, 0.05) is 10.6 Å². The molecule has 0 unspecified atom stereocenters. The standard InChI is InChI=1S/C18H15ClN2O4S/c1-11-9-14(7-8-15(11)19)24-16(22)10-26-18-21-20-17(25-18)12-3-5-13(23-2)6-4-12/h3-9H,10H2,1-2H3. The van der Waals surface area contributed by atoms with E-state index in [0.29, 0.717) is 21.9 Å². The Labute approximate surface area is 159 Å². The van der Waals surface area contributed by atoms with Crippen LogP contribution in [-0.2, 0) is 4.79 Å². The van der Waals surface area contributed by atoms with E-state index in [1.807, 2.05) is 19.1 Å². The number of aromatic nitrogens is 2. The Kier molecular flexibility index (Phi) is 5.80. The zero-order valence-corrected chi connectivity index (χ0v) is 15.6. The molecule has 0 aliphatic carbocycles. The molecular formula is C18H15ClN2O4S. The number of esters is 1. The molecule has 0 bridgehead atoms. The second-order valence-corrected chi connectivity index (χ2v) is 6.61. The van der Waals surface area contributed by atoms with Crippen molar-refractivity contribution in [3.05, 3.63) is 53.1 Å². The number of rotatable bonds is 6. The highest BCUT2D eigenvalue weighted by atomic mass is 35.5. The van der Waals surface area contributed by atoms with Crippen molar-refractivity contribution >= 4 is 29.3 Å². The van der Waals surface area contributed by atoms with Gasteiger partial charge in [-0.15, -0.1) is 10.2 Å². The highest BCUT2D eigenvalue weighted by Gasteiger charge is 2.13. The maximum Gasteiger partial charge on any atom is 0.321 e. The lowest BCUT2D eigenvalue weighted by atomic mass is 10.2. The van der Waals surface area contributed by atoms with Crippen molar-refractivity contribution in [2.45, 2.75) is 12.1 Å². The van der Waals surface area contributed by atoms with Gasteiger partial charge in [0.2, 0.25) is 5.89 Å². The molecular weight excluding hydrogens is 376 g/mol. The van der Waals surface area contributed by atoms with Crippen molar-refractivity contribution in [3.8, 4) is 23.0 Å². The molecule has 8 heteroatoms. The fourth-order valence-corrected chi connectivity index (χ4v) is 2.73. The van der Waals surface area contributed by atoms with Crippen LogP contribution in [0.25, 0.3) is 11.5 Å². The largest absolute Gasteiger partial charge is 0.497 e. The lowest BCUT2D eigenvalue weighted by molar-refractivity contribution is -0.131. The van der Waals surface area contributed by atoms with E-state index < -0.39 is 5.97 Å². The number of benzene rings is 2.